The van der Waals surface area contributed by atoms with Crippen molar-refractivity contribution >= 4 is 31.5 Å². The number of alkyl halides is 1. The third-order valence-electron chi connectivity index (χ3n) is 2.72. The lowest BCUT2D eigenvalue weighted by Crippen LogP contribution is -2.43. The van der Waals surface area contributed by atoms with Crippen molar-refractivity contribution < 1.29 is 16.8 Å². The van der Waals surface area contributed by atoms with Gasteiger partial charge < -0.3 is 0 Å². The minimum Gasteiger partial charge on any atom is -0.266 e. The van der Waals surface area contributed by atoms with E-state index in [2.05, 4.69) is 10.2 Å². The second-order valence-electron chi connectivity index (χ2n) is 3.91. The molecule has 1 aliphatic heterocycles. The van der Waals surface area contributed by atoms with Crippen molar-refractivity contribution in [2.24, 2.45) is 0 Å². The molecule has 7 nitrogen and oxygen atoms in total. The Bertz CT molecular complexity index is 623. The second-order valence-corrected chi connectivity index (χ2v) is 8.36. The predicted octanol–water partition coefficient (Wildman–Crippen LogP) is -0.432. The van der Waals surface area contributed by atoms with Gasteiger partial charge in [0.15, 0.2) is 14.9 Å². The predicted molar refractivity (Wildman–Crippen MR) is 65.6 cm³/mol. The highest BCUT2D eigenvalue weighted by Crippen LogP contribution is 2.20. The Morgan fingerprint density at radius 2 is 2.00 bits per heavy atom. The molecule has 0 radical (unpaired) electrons. The maximum atomic E-state index is 12.2. The van der Waals surface area contributed by atoms with Gasteiger partial charge in [0.05, 0.1) is 23.6 Å². The molecule has 1 aliphatic rings. The fourth-order valence-corrected chi connectivity index (χ4v) is 4.94. The summed E-state index contributed by atoms with van der Waals surface area (Å²) in [5.74, 6) is -0.287. The van der Waals surface area contributed by atoms with Crippen molar-refractivity contribution in [3.63, 3.8) is 0 Å². The van der Waals surface area contributed by atoms with E-state index in [1.807, 2.05) is 0 Å². The molecule has 1 aromatic heterocycles. The molecule has 2 heterocycles. The summed E-state index contributed by atoms with van der Waals surface area (Å²) in [5, 5.41) is 5.99. The molecule has 0 amide bonds. The van der Waals surface area contributed by atoms with E-state index < -0.39 is 19.9 Å². The minimum absolute atomic E-state index is 0.0250. The molecule has 0 aliphatic carbocycles. The SMILES string of the molecule is O=S1(=O)CCN(S(=O)(=O)c2[nH]ncc2CCl)CC1. The molecular weight excluding hydrogens is 302 g/mol. The monoisotopic (exact) mass is 313 g/mol. The summed E-state index contributed by atoms with van der Waals surface area (Å²) < 4.78 is 48.2. The Balaban J connectivity index is 2.28. The Morgan fingerprint density at radius 3 is 2.56 bits per heavy atom. The topological polar surface area (TPSA) is 100 Å². The molecule has 0 unspecified atom stereocenters. The summed E-state index contributed by atoms with van der Waals surface area (Å²) in [4.78, 5) is 0. The first-order valence-electron chi connectivity index (χ1n) is 5.15. The van der Waals surface area contributed by atoms with Gasteiger partial charge in [0.1, 0.15) is 0 Å². The van der Waals surface area contributed by atoms with E-state index in [4.69, 9.17) is 11.6 Å². The van der Waals surface area contributed by atoms with Crippen LogP contribution < -0.4 is 0 Å². The van der Waals surface area contributed by atoms with Gasteiger partial charge >= 0.3 is 0 Å². The fourth-order valence-electron chi connectivity index (χ4n) is 1.68. The van der Waals surface area contributed by atoms with Gasteiger partial charge in [0.25, 0.3) is 10.0 Å². The van der Waals surface area contributed by atoms with E-state index in [0.29, 0.717) is 5.56 Å². The first kappa shape index (κ1) is 13.8. The van der Waals surface area contributed by atoms with E-state index in [1.165, 1.54) is 6.20 Å². The van der Waals surface area contributed by atoms with Gasteiger partial charge in [0.2, 0.25) is 0 Å². The molecule has 18 heavy (non-hydrogen) atoms. The second kappa shape index (κ2) is 4.80. The molecule has 102 valence electrons. The molecule has 0 aromatic carbocycles. The van der Waals surface area contributed by atoms with Gasteiger partial charge in [-0.15, -0.1) is 11.6 Å². The third-order valence-corrected chi connectivity index (χ3v) is 6.53. The molecule has 1 N–H and O–H groups in total. The van der Waals surface area contributed by atoms with Gasteiger partial charge in [-0.05, 0) is 0 Å². The van der Waals surface area contributed by atoms with Crippen LogP contribution in [-0.2, 0) is 25.7 Å². The van der Waals surface area contributed by atoms with Crippen LogP contribution in [0.25, 0.3) is 0 Å². The average molecular weight is 314 g/mol. The zero-order chi connectivity index (χ0) is 13.4. The molecule has 2 rings (SSSR count). The number of aromatic amines is 1. The zero-order valence-electron chi connectivity index (χ0n) is 9.33. The maximum Gasteiger partial charge on any atom is 0.260 e. The normalized spacial score (nSPS) is 20.9. The standard InChI is InChI=1S/C8H12ClN3O4S2/c9-5-7-6-10-11-8(7)18(15,16)12-1-3-17(13,14)4-2-12/h6H,1-5H2,(H,10,11). The van der Waals surface area contributed by atoms with Crippen LogP contribution in [0.5, 0.6) is 0 Å². The van der Waals surface area contributed by atoms with Crippen molar-refractivity contribution in [1.29, 1.82) is 0 Å². The summed E-state index contributed by atoms with van der Waals surface area (Å²) in [6.45, 7) is -0.0726. The van der Waals surface area contributed by atoms with Crippen molar-refractivity contribution in [3.05, 3.63) is 11.8 Å². The molecule has 0 atom stereocenters. The highest BCUT2D eigenvalue weighted by molar-refractivity contribution is 7.92. The molecule has 0 bridgehead atoms. The van der Waals surface area contributed by atoms with Crippen LogP contribution in [0.2, 0.25) is 0 Å². The lowest BCUT2D eigenvalue weighted by atomic mass is 10.4. The summed E-state index contributed by atoms with van der Waals surface area (Å²) in [5.41, 5.74) is 0.380. The maximum absolute atomic E-state index is 12.2. The number of rotatable bonds is 3. The van der Waals surface area contributed by atoms with Crippen molar-refractivity contribution in [2.75, 3.05) is 24.6 Å². The molecular formula is C8H12ClN3O4S2. The van der Waals surface area contributed by atoms with Gasteiger partial charge in [0, 0.05) is 18.7 Å². The number of nitrogens with one attached hydrogen (secondary N) is 1. The number of hydrogen-bond acceptors (Lipinski definition) is 5. The smallest absolute Gasteiger partial charge is 0.260 e. The van der Waals surface area contributed by atoms with Crippen LogP contribution in [0.15, 0.2) is 11.2 Å². The fraction of sp³-hybridized carbons (Fsp3) is 0.625. The van der Waals surface area contributed by atoms with Crippen LogP contribution in [0.1, 0.15) is 5.56 Å². The van der Waals surface area contributed by atoms with Crippen molar-refractivity contribution in [3.8, 4) is 0 Å². The van der Waals surface area contributed by atoms with E-state index >= 15 is 0 Å². The lowest BCUT2D eigenvalue weighted by molar-refractivity contribution is 0.428. The number of nitrogens with zero attached hydrogens (tertiary/aromatic N) is 2. The lowest BCUT2D eigenvalue weighted by Gasteiger charge is -2.25. The number of aromatic nitrogens is 2. The summed E-state index contributed by atoms with van der Waals surface area (Å²) in [6.07, 6.45) is 1.35. The van der Waals surface area contributed by atoms with Gasteiger partial charge in [-0.1, -0.05) is 0 Å². The number of H-pyrrole nitrogens is 1. The molecule has 1 aromatic rings. The van der Waals surface area contributed by atoms with Crippen LogP contribution in [-0.4, -0.2) is 55.9 Å². The Morgan fingerprint density at radius 1 is 1.39 bits per heavy atom. The Hall–Kier alpha value is -0.640. The largest absolute Gasteiger partial charge is 0.266 e. The zero-order valence-corrected chi connectivity index (χ0v) is 11.7. The van der Waals surface area contributed by atoms with Crippen LogP contribution >= 0.6 is 11.6 Å². The van der Waals surface area contributed by atoms with E-state index in [0.717, 1.165) is 4.31 Å². The van der Waals surface area contributed by atoms with E-state index in [1.54, 1.807) is 0 Å². The molecule has 0 saturated carbocycles. The number of sulfone groups is 1. The summed E-state index contributed by atoms with van der Waals surface area (Å²) in [7, 11) is -6.86. The highest BCUT2D eigenvalue weighted by Gasteiger charge is 2.33. The highest BCUT2D eigenvalue weighted by atomic mass is 35.5. The number of halogens is 1. The molecule has 0 spiro atoms. The van der Waals surface area contributed by atoms with Crippen LogP contribution in [0, 0.1) is 0 Å². The number of hydrogen-bond donors (Lipinski definition) is 1. The Kier molecular flexibility index (Phi) is 3.67. The third kappa shape index (κ3) is 2.53. The number of sulfonamides is 1. The molecule has 1 fully saturated rings. The molecule has 1 saturated heterocycles. The van der Waals surface area contributed by atoms with Gasteiger partial charge in [-0.25, -0.2) is 16.8 Å². The van der Waals surface area contributed by atoms with Crippen molar-refractivity contribution in [2.45, 2.75) is 10.9 Å². The van der Waals surface area contributed by atoms with E-state index in [9.17, 15) is 16.8 Å². The summed E-state index contributed by atoms with van der Waals surface area (Å²) in [6, 6.07) is 0. The summed E-state index contributed by atoms with van der Waals surface area (Å²) >= 11 is 5.62. The van der Waals surface area contributed by atoms with Gasteiger partial charge in [-0.3, -0.25) is 5.10 Å². The van der Waals surface area contributed by atoms with E-state index in [-0.39, 0.29) is 35.5 Å². The van der Waals surface area contributed by atoms with Crippen LogP contribution in [0.3, 0.4) is 0 Å². The first-order chi connectivity index (χ1) is 8.37. The minimum atomic E-state index is -3.75. The van der Waals surface area contributed by atoms with Gasteiger partial charge in [-0.2, -0.15) is 9.40 Å². The average Bonchev–Trinajstić information content (AvgIpc) is 2.77. The van der Waals surface area contributed by atoms with Crippen LogP contribution in [0.4, 0.5) is 0 Å². The van der Waals surface area contributed by atoms with Crippen molar-refractivity contribution in [1.82, 2.24) is 14.5 Å². The quantitative estimate of drug-likeness (QED) is 0.763. The first-order valence-corrected chi connectivity index (χ1v) is 8.95. The Labute approximate surface area is 110 Å². The molecule has 10 heteroatoms.